The van der Waals surface area contributed by atoms with Gasteiger partial charge in [-0.25, -0.2) is 9.97 Å². The van der Waals surface area contributed by atoms with Gasteiger partial charge in [-0.05, 0) is 24.1 Å². The first-order valence-electron chi connectivity index (χ1n) is 11.2. The highest BCUT2D eigenvalue weighted by atomic mass is 16.5. The van der Waals surface area contributed by atoms with Gasteiger partial charge in [0, 0.05) is 30.9 Å². The smallest absolute Gasteiger partial charge is 0.227 e. The highest BCUT2D eigenvalue weighted by molar-refractivity contribution is 5.68. The van der Waals surface area contributed by atoms with Crippen molar-refractivity contribution < 1.29 is 4.74 Å². The number of aromatic nitrogens is 2. The average Bonchev–Trinajstić information content (AvgIpc) is 2.84. The monoisotopic (exact) mass is 441 g/mol. The van der Waals surface area contributed by atoms with Gasteiger partial charge in [0.25, 0.3) is 0 Å². The lowest BCUT2D eigenvalue weighted by Gasteiger charge is -2.29. The van der Waals surface area contributed by atoms with E-state index in [1.807, 2.05) is 50.2 Å². The molecular formula is C26H29N6O-. The minimum absolute atomic E-state index is 0.414. The summed E-state index contributed by atoms with van der Waals surface area (Å²) in [7, 11) is 0. The van der Waals surface area contributed by atoms with Crippen LogP contribution in [-0.4, -0.2) is 47.7 Å². The first kappa shape index (κ1) is 22.9. The zero-order valence-corrected chi connectivity index (χ0v) is 19.1. The standard InChI is InChI=1S/C26H29N6O/c1-26(2,28)22-7-5-20(6-8-22)24-21(17-27)18-29-25(31-24)30-23-9-3-19(4-10-23)11-12-32-13-15-33-16-14-32/h3-10,18,28H,11-16H2,1-2H3,(H,29,30,31)/q-1. The molecule has 2 aromatic carbocycles. The molecule has 0 bridgehead atoms. The Kier molecular flexibility index (Phi) is 6.99. The van der Waals surface area contributed by atoms with Gasteiger partial charge in [-0.1, -0.05) is 55.8 Å². The van der Waals surface area contributed by atoms with E-state index < -0.39 is 5.54 Å². The summed E-state index contributed by atoms with van der Waals surface area (Å²) in [5.74, 6) is 0.440. The van der Waals surface area contributed by atoms with Crippen LogP contribution in [0.2, 0.25) is 0 Å². The molecule has 1 saturated heterocycles. The molecule has 0 unspecified atom stereocenters. The van der Waals surface area contributed by atoms with Crippen LogP contribution in [0.15, 0.2) is 54.7 Å². The third kappa shape index (κ3) is 5.93. The molecule has 33 heavy (non-hydrogen) atoms. The maximum Gasteiger partial charge on any atom is 0.227 e. The second-order valence-corrected chi connectivity index (χ2v) is 8.80. The summed E-state index contributed by atoms with van der Waals surface area (Å²) in [4.78, 5) is 11.4. The molecule has 170 valence electrons. The molecule has 0 spiro atoms. The van der Waals surface area contributed by atoms with Crippen molar-refractivity contribution >= 4 is 11.6 Å². The first-order chi connectivity index (χ1) is 15.9. The van der Waals surface area contributed by atoms with E-state index in [2.05, 4.69) is 38.4 Å². The Balaban J connectivity index is 1.45. The van der Waals surface area contributed by atoms with E-state index in [-0.39, 0.29) is 0 Å². The number of rotatable bonds is 7. The summed E-state index contributed by atoms with van der Waals surface area (Å²) in [5, 5.41) is 12.8. The average molecular weight is 442 g/mol. The number of hydrogen-bond donors (Lipinski definition) is 1. The normalized spacial score (nSPS) is 14.6. The van der Waals surface area contributed by atoms with Gasteiger partial charge in [0.05, 0.1) is 30.7 Å². The van der Waals surface area contributed by atoms with Crippen molar-refractivity contribution in [2.75, 3.05) is 38.2 Å². The summed E-state index contributed by atoms with van der Waals surface area (Å²) in [6.07, 6.45) is 2.55. The number of nitrogens with zero attached hydrogens (tertiary/aromatic N) is 4. The molecule has 1 aliphatic rings. The lowest BCUT2D eigenvalue weighted by atomic mass is 9.94. The summed E-state index contributed by atoms with van der Waals surface area (Å²) < 4.78 is 5.41. The number of morpholine rings is 1. The number of nitrogens with one attached hydrogen (secondary N) is 2. The molecule has 0 amide bonds. The molecule has 1 aromatic heterocycles. The van der Waals surface area contributed by atoms with E-state index in [4.69, 9.17) is 10.5 Å². The topological polar surface area (TPSA) is 97.9 Å². The second kappa shape index (κ2) is 10.1. The molecule has 0 atom stereocenters. The SMILES string of the molecule is CC(C)([NH-])c1ccc(-c2nc(Nc3ccc(CCN4CCOCC4)cc3)ncc2C#N)cc1. The van der Waals surface area contributed by atoms with Gasteiger partial charge in [0.1, 0.15) is 6.07 Å². The number of ether oxygens (including phenoxy) is 1. The predicted octanol–water partition coefficient (Wildman–Crippen LogP) is 4.92. The highest BCUT2D eigenvalue weighted by Gasteiger charge is 2.13. The van der Waals surface area contributed by atoms with Crippen LogP contribution in [0.25, 0.3) is 17.0 Å². The number of hydrogen-bond acceptors (Lipinski definition) is 6. The Labute approximate surface area is 195 Å². The van der Waals surface area contributed by atoms with Crippen molar-refractivity contribution in [3.05, 3.63) is 77.2 Å². The Morgan fingerprint density at radius 2 is 1.79 bits per heavy atom. The van der Waals surface area contributed by atoms with Crippen LogP contribution >= 0.6 is 0 Å². The van der Waals surface area contributed by atoms with Crippen LogP contribution in [0.4, 0.5) is 11.6 Å². The Morgan fingerprint density at radius 1 is 1.09 bits per heavy atom. The fourth-order valence-electron chi connectivity index (χ4n) is 3.78. The molecule has 3 aromatic rings. The minimum Gasteiger partial charge on any atom is -0.669 e. The highest BCUT2D eigenvalue weighted by Crippen LogP contribution is 2.28. The third-order valence-corrected chi connectivity index (χ3v) is 5.82. The van der Waals surface area contributed by atoms with Gasteiger partial charge in [0.2, 0.25) is 5.95 Å². The van der Waals surface area contributed by atoms with Crippen molar-refractivity contribution in [3.63, 3.8) is 0 Å². The zero-order valence-electron chi connectivity index (χ0n) is 19.1. The van der Waals surface area contributed by atoms with Crippen LogP contribution in [0.1, 0.15) is 30.5 Å². The lowest BCUT2D eigenvalue weighted by Crippen LogP contribution is -2.37. The van der Waals surface area contributed by atoms with Crippen LogP contribution in [0, 0.1) is 11.3 Å². The van der Waals surface area contributed by atoms with E-state index in [1.54, 1.807) is 6.20 Å². The summed E-state index contributed by atoms with van der Waals surface area (Å²) in [6.45, 7) is 8.38. The largest absolute Gasteiger partial charge is 0.669 e. The molecule has 0 saturated carbocycles. The second-order valence-electron chi connectivity index (χ2n) is 8.80. The molecule has 7 heteroatoms. The molecular weight excluding hydrogens is 412 g/mol. The molecule has 4 rings (SSSR count). The number of nitriles is 1. The number of anilines is 2. The van der Waals surface area contributed by atoms with Gasteiger partial charge in [-0.2, -0.15) is 5.26 Å². The van der Waals surface area contributed by atoms with Crippen molar-refractivity contribution in [1.82, 2.24) is 14.9 Å². The van der Waals surface area contributed by atoms with Crippen molar-refractivity contribution in [1.29, 1.82) is 5.26 Å². The molecule has 7 nitrogen and oxygen atoms in total. The molecule has 0 aliphatic carbocycles. The fourth-order valence-corrected chi connectivity index (χ4v) is 3.78. The van der Waals surface area contributed by atoms with Crippen LogP contribution < -0.4 is 5.32 Å². The summed E-state index contributed by atoms with van der Waals surface area (Å²) >= 11 is 0. The molecule has 0 radical (unpaired) electrons. The van der Waals surface area contributed by atoms with Crippen LogP contribution in [0.5, 0.6) is 0 Å². The molecule has 2 heterocycles. The van der Waals surface area contributed by atoms with E-state index in [9.17, 15) is 5.26 Å². The Morgan fingerprint density at radius 3 is 2.42 bits per heavy atom. The lowest BCUT2D eigenvalue weighted by molar-refractivity contribution is 0.0384. The van der Waals surface area contributed by atoms with Crippen LogP contribution in [-0.2, 0) is 16.7 Å². The molecule has 2 N–H and O–H groups in total. The van der Waals surface area contributed by atoms with Gasteiger partial charge < -0.3 is 15.8 Å². The summed E-state index contributed by atoms with van der Waals surface area (Å²) in [5.41, 5.74) is 12.4. The van der Waals surface area contributed by atoms with E-state index in [0.717, 1.165) is 56.1 Å². The predicted molar refractivity (Wildman–Crippen MR) is 130 cm³/mol. The van der Waals surface area contributed by atoms with Gasteiger partial charge >= 0.3 is 0 Å². The zero-order chi connectivity index (χ0) is 23.3. The Bertz CT molecular complexity index is 1110. The first-order valence-corrected chi connectivity index (χ1v) is 11.2. The molecule has 1 fully saturated rings. The fraction of sp³-hybridized carbons (Fsp3) is 0.346. The summed E-state index contributed by atoms with van der Waals surface area (Å²) in [6, 6.07) is 18.1. The maximum absolute atomic E-state index is 9.53. The van der Waals surface area contributed by atoms with Gasteiger partial charge in [-0.15, -0.1) is 5.54 Å². The van der Waals surface area contributed by atoms with Crippen molar-refractivity contribution in [2.24, 2.45) is 0 Å². The quantitative estimate of drug-likeness (QED) is 0.559. The van der Waals surface area contributed by atoms with Crippen LogP contribution in [0.3, 0.4) is 0 Å². The van der Waals surface area contributed by atoms with Crippen molar-refractivity contribution in [3.8, 4) is 17.3 Å². The third-order valence-electron chi connectivity index (χ3n) is 5.82. The molecule has 1 aliphatic heterocycles. The van der Waals surface area contributed by atoms with E-state index in [1.165, 1.54) is 5.56 Å². The number of benzene rings is 2. The maximum atomic E-state index is 9.53. The van der Waals surface area contributed by atoms with E-state index >= 15 is 0 Å². The van der Waals surface area contributed by atoms with Gasteiger partial charge in [0.15, 0.2) is 0 Å². The minimum atomic E-state index is -0.677. The Hall–Kier alpha value is -3.31. The van der Waals surface area contributed by atoms with E-state index in [0.29, 0.717) is 17.2 Å². The van der Waals surface area contributed by atoms with Crippen molar-refractivity contribution in [2.45, 2.75) is 25.8 Å². The van der Waals surface area contributed by atoms with Gasteiger partial charge in [-0.3, -0.25) is 4.90 Å².